The predicted molar refractivity (Wildman–Crippen MR) is 138 cm³/mol. The molecule has 3 rings (SSSR count). The number of rotatable bonds is 14. The molecule has 0 saturated carbocycles. The van der Waals surface area contributed by atoms with Gasteiger partial charge in [0.05, 0.1) is 0 Å². The average Bonchev–Trinajstić information content (AvgIpc) is 2.80. The Morgan fingerprint density at radius 2 is 1.39 bits per heavy atom. The van der Waals surface area contributed by atoms with Crippen molar-refractivity contribution in [1.29, 1.82) is 0 Å². The molecular weight excluding hydrogens is 452 g/mol. The molecule has 2 aromatic carbocycles. The van der Waals surface area contributed by atoms with Crippen LogP contribution in [0.2, 0.25) is 0 Å². The van der Waals surface area contributed by atoms with E-state index in [9.17, 15) is 13.2 Å². The molecule has 0 aliphatic rings. The van der Waals surface area contributed by atoms with E-state index in [4.69, 9.17) is 4.18 Å². The van der Waals surface area contributed by atoms with Gasteiger partial charge in [-0.25, -0.2) is 0 Å². The number of unbranched alkanes of at least 4 members (excludes halogenated alkanes) is 9. The molecule has 1 aromatic heterocycles. The third kappa shape index (κ3) is 7.97. The smallest absolute Gasteiger partial charge is 0.339 e. The van der Waals surface area contributed by atoms with E-state index in [1.54, 1.807) is 30.3 Å². The van der Waals surface area contributed by atoms with Crippen molar-refractivity contribution in [2.45, 2.75) is 82.4 Å². The number of hydrogen-bond donors (Lipinski definition) is 0. The first-order valence-electron chi connectivity index (χ1n) is 12.1. The normalized spacial score (nSPS) is 11.7. The Labute approximate surface area is 201 Å². The Bertz CT molecular complexity index is 1160. The Morgan fingerprint density at radius 3 is 2.06 bits per heavy atom. The standard InChI is InChI=1S/C27H34O4S2/c1-2-3-4-5-6-7-8-9-10-11-14-22-17-19-23(20-18-22)33(29,30)31-25-21-27(28)32-26-16-13-12-15-24(25)26/h12-13,15-21H,2-11,14H2,1H3. The highest BCUT2D eigenvalue weighted by atomic mass is 32.2. The molecule has 1 heterocycles. The monoisotopic (exact) mass is 486 g/mol. The van der Waals surface area contributed by atoms with E-state index in [0.717, 1.165) is 29.7 Å². The van der Waals surface area contributed by atoms with Crippen molar-refractivity contribution < 1.29 is 12.6 Å². The molecule has 0 aliphatic carbocycles. The van der Waals surface area contributed by atoms with Crippen LogP contribution < -0.4 is 8.93 Å². The van der Waals surface area contributed by atoms with Crippen molar-refractivity contribution in [2.24, 2.45) is 0 Å². The van der Waals surface area contributed by atoms with Crippen LogP contribution in [0.15, 0.2) is 64.3 Å². The van der Waals surface area contributed by atoms with Gasteiger partial charge in [-0.3, -0.25) is 4.79 Å². The van der Waals surface area contributed by atoms with E-state index < -0.39 is 10.1 Å². The van der Waals surface area contributed by atoms with E-state index in [0.29, 0.717) is 10.1 Å². The van der Waals surface area contributed by atoms with E-state index in [1.807, 2.05) is 18.2 Å². The summed E-state index contributed by atoms with van der Waals surface area (Å²) in [5.41, 5.74) is 1.13. The Hall–Kier alpha value is -2.18. The van der Waals surface area contributed by atoms with Crippen LogP contribution in [0.5, 0.6) is 5.75 Å². The second-order valence-corrected chi connectivity index (χ2v) is 11.1. The maximum Gasteiger partial charge on any atom is 0.339 e. The summed E-state index contributed by atoms with van der Waals surface area (Å²) >= 11 is 1.07. The average molecular weight is 487 g/mol. The number of aryl methyl sites for hydroxylation is 1. The Morgan fingerprint density at radius 1 is 0.788 bits per heavy atom. The van der Waals surface area contributed by atoms with Crippen LogP contribution in [0.4, 0.5) is 0 Å². The molecule has 0 unspecified atom stereocenters. The fraction of sp³-hybridized carbons (Fsp3) is 0.444. The van der Waals surface area contributed by atoms with Crippen LogP contribution in [0, 0.1) is 0 Å². The van der Waals surface area contributed by atoms with Gasteiger partial charge in [0, 0.05) is 16.2 Å². The molecular formula is C27H34O4S2. The Balaban J connectivity index is 1.48. The van der Waals surface area contributed by atoms with E-state index in [-0.39, 0.29) is 15.4 Å². The molecule has 0 bridgehead atoms. The zero-order valence-electron chi connectivity index (χ0n) is 19.4. The van der Waals surface area contributed by atoms with Gasteiger partial charge < -0.3 is 4.18 Å². The molecule has 6 heteroatoms. The highest BCUT2D eigenvalue weighted by molar-refractivity contribution is 7.87. The van der Waals surface area contributed by atoms with Gasteiger partial charge in [-0.1, -0.05) is 100 Å². The van der Waals surface area contributed by atoms with E-state index >= 15 is 0 Å². The minimum atomic E-state index is -4.02. The van der Waals surface area contributed by atoms with Crippen LogP contribution in [0.3, 0.4) is 0 Å². The molecule has 0 saturated heterocycles. The van der Waals surface area contributed by atoms with Crippen LogP contribution in [-0.4, -0.2) is 8.42 Å². The van der Waals surface area contributed by atoms with E-state index in [1.165, 1.54) is 63.9 Å². The van der Waals surface area contributed by atoms with Crippen LogP contribution in [-0.2, 0) is 16.5 Å². The van der Waals surface area contributed by atoms with Crippen molar-refractivity contribution >= 4 is 31.5 Å². The van der Waals surface area contributed by atoms with Gasteiger partial charge in [-0.15, -0.1) is 0 Å². The lowest BCUT2D eigenvalue weighted by atomic mass is 10.0. The van der Waals surface area contributed by atoms with Gasteiger partial charge >= 0.3 is 10.1 Å². The lowest BCUT2D eigenvalue weighted by Crippen LogP contribution is -2.11. The second-order valence-electron chi connectivity index (χ2n) is 8.54. The van der Waals surface area contributed by atoms with Gasteiger partial charge in [0.15, 0.2) is 5.75 Å². The highest BCUT2D eigenvalue weighted by Crippen LogP contribution is 2.28. The minimum Gasteiger partial charge on any atom is -0.378 e. The summed E-state index contributed by atoms with van der Waals surface area (Å²) in [6.45, 7) is 2.25. The zero-order valence-corrected chi connectivity index (χ0v) is 21.1. The van der Waals surface area contributed by atoms with Crippen LogP contribution in [0.25, 0.3) is 10.1 Å². The molecule has 33 heavy (non-hydrogen) atoms. The maximum absolute atomic E-state index is 12.8. The molecule has 0 spiro atoms. The summed E-state index contributed by atoms with van der Waals surface area (Å²) < 4.78 is 31.4. The summed E-state index contributed by atoms with van der Waals surface area (Å²) in [6.07, 6.45) is 13.9. The fourth-order valence-electron chi connectivity index (χ4n) is 3.96. The number of benzene rings is 2. The van der Waals surface area contributed by atoms with Gasteiger partial charge in [0.25, 0.3) is 0 Å². The van der Waals surface area contributed by atoms with Crippen molar-refractivity contribution in [2.75, 3.05) is 0 Å². The SMILES string of the molecule is CCCCCCCCCCCCc1ccc(S(=O)(=O)Oc2cc(=O)sc3ccccc23)cc1. The van der Waals surface area contributed by atoms with Gasteiger partial charge in [-0.2, -0.15) is 8.42 Å². The molecule has 178 valence electrons. The van der Waals surface area contributed by atoms with Gasteiger partial charge in [-0.05, 0) is 42.7 Å². The lowest BCUT2D eigenvalue weighted by Gasteiger charge is -2.10. The number of fused-ring (bicyclic) bond motifs is 1. The summed E-state index contributed by atoms with van der Waals surface area (Å²) in [5.74, 6) is 0.0730. The minimum absolute atomic E-state index is 0.0730. The number of hydrogen-bond acceptors (Lipinski definition) is 5. The first kappa shape index (κ1) is 25.4. The van der Waals surface area contributed by atoms with Crippen molar-refractivity contribution in [3.05, 3.63) is 69.7 Å². The molecule has 0 atom stereocenters. The summed E-state index contributed by atoms with van der Waals surface area (Å²) in [5, 5.41) is 0.614. The van der Waals surface area contributed by atoms with Gasteiger partial charge in [0.1, 0.15) is 4.90 Å². The fourth-order valence-corrected chi connectivity index (χ4v) is 5.70. The quantitative estimate of drug-likeness (QED) is 0.175. The molecule has 3 aromatic rings. The highest BCUT2D eigenvalue weighted by Gasteiger charge is 2.18. The molecule has 0 radical (unpaired) electrons. The first-order valence-corrected chi connectivity index (χ1v) is 14.3. The third-order valence-corrected chi connectivity index (χ3v) is 7.99. The molecule has 0 aliphatic heterocycles. The molecule has 0 N–H and O–H groups in total. The van der Waals surface area contributed by atoms with E-state index in [2.05, 4.69) is 6.92 Å². The van der Waals surface area contributed by atoms with Crippen LogP contribution in [0.1, 0.15) is 76.7 Å². The Kier molecular flexibility index (Phi) is 9.95. The molecule has 0 amide bonds. The summed E-state index contributed by atoms with van der Waals surface area (Å²) in [4.78, 5) is 12.0. The first-order chi connectivity index (χ1) is 16.0. The summed E-state index contributed by atoms with van der Waals surface area (Å²) in [6, 6.07) is 15.3. The maximum atomic E-state index is 12.8. The molecule has 4 nitrogen and oxygen atoms in total. The predicted octanol–water partition coefficient (Wildman–Crippen LogP) is 7.49. The largest absolute Gasteiger partial charge is 0.378 e. The lowest BCUT2D eigenvalue weighted by molar-refractivity contribution is 0.488. The zero-order chi connectivity index (χ0) is 23.5. The summed E-state index contributed by atoms with van der Waals surface area (Å²) in [7, 11) is -4.02. The molecule has 0 fully saturated rings. The van der Waals surface area contributed by atoms with Gasteiger partial charge in [0.2, 0.25) is 4.74 Å². The van der Waals surface area contributed by atoms with Crippen LogP contribution >= 0.6 is 11.3 Å². The van der Waals surface area contributed by atoms with Crippen molar-refractivity contribution in [3.63, 3.8) is 0 Å². The van der Waals surface area contributed by atoms with Crippen molar-refractivity contribution in [1.82, 2.24) is 0 Å². The van der Waals surface area contributed by atoms with Crippen molar-refractivity contribution in [3.8, 4) is 5.75 Å². The third-order valence-electron chi connectivity index (χ3n) is 5.84. The second kappa shape index (κ2) is 12.9. The topological polar surface area (TPSA) is 60.4 Å².